The molecule has 0 radical (unpaired) electrons. The summed E-state index contributed by atoms with van der Waals surface area (Å²) < 4.78 is 0. The highest BCUT2D eigenvalue weighted by molar-refractivity contribution is 7.98. The molecule has 0 fully saturated rings. The second kappa shape index (κ2) is 7.61. The number of carboxylic acid groups (broad SMARTS) is 1. The van der Waals surface area contributed by atoms with Gasteiger partial charge in [-0.2, -0.15) is 11.8 Å². The number of nitrogens with zero attached hydrogens (tertiary/aromatic N) is 1. The van der Waals surface area contributed by atoms with Crippen LogP contribution in [0.25, 0.3) is 10.6 Å². The first-order valence-electron chi connectivity index (χ1n) is 6.88. The molecule has 1 N–H and O–H groups in total. The van der Waals surface area contributed by atoms with Crippen LogP contribution in [0.3, 0.4) is 0 Å². The van der Waals surface area contributed by atoms with Crippen LogP contribution in [0.2, 0.25) is 0 Å². The van der Waals surface area contributed by atoms with Crippen LogP contribution in [-0.4, -0.2) is 21.8 Å². The van der Waals surface area contributed by atoms with Gasteiger partial charge in [-0.3, -0.25) is 4.79 Å². The number of benzene rings is 1. The minimum atomic E-state index is -0.842. The summed E-state index contributed by atoms with van der Waals surface area (Å²) in [6, 6.07) is 8.35. The summed E-state index contributed by atoms with van der Waals surface area (Å²) >= 11 is 3.44. The Bertz CT molecular complexity index is 608. The van der Waals surface area contributed by atoms with E-state index in [1.54, 1.807) is 0 Å². The molecule has 112 valence electrons. The van der Waals surface area contributed by atoms with E-state index in [0.717, 1.165) is 22.1 Å². The Morgan fingerprint density at radius 2 is 2.24 bits per heavy atom. The van der Waals surface area contributed by atoms with Gasteiger partial charge >= 0.3 is 5.97 Å². The third kappa shape index (κ3) is 5.17. The molecule has 1 aromatic carbocycles. The van der Waals surface area contributed by atoms with E-state index in [2.05, 4.69) is 31.0 Å². The van der Waals surface area contributed by atoms with E-state index in [1.807, 2.05) is 29.3 Å². The van der Waals surface area contributed by atoms with Crippen molar-refractivity contribution in [3.05, 3.63) is 40.9 Å². The molecule has 0 unspecified atom stereocenters. The first-order valence-corrected chi connectivity index (χ1v) is 8.91. The highest BCUT2D eigenvalue weighted by atomic mass is 32.2. The first-order chi connectivity index (χ1) is 10.0. The molecule has 21 heavy (non-hydrogen) atoms. The van der Waals surface area contributed by atoms with E-state index in [1.165, 1.54) is 16.9 Å². The molecule has 2 rings (SSSR count). The molecule has 1 aromatic heterocycles. The summed E-state index contributed by atoms with van der Waals surface area (Å²) in [4.78, 5) is 15.1. The van der Waals surface area contributed by atoms with Crippen molar-refractivity contribution >= 4 is 29.1 Å². The Labute approximate surface area is 133 Å². The van der Waals surface area contributed by atoms with Crippen molar-refractivity contribution in [1.29, 1.82) is 0 Å². The second-order valence-electron chi connectivity index (χ2n) is 5.32. The molecule has 0 aliphatic heterocycles. The van der Waals surface area contributed by atoms with Crippen LogP contribution in [-0.2, 0) is 17.0 Å². The Hall–Kier alpha value is -1.33. The largest absolute Gasteiger partial charge is 0.481 e. The number of aromatic nitrogens is 1. The van der Waals surface area contributed by atoms with Gasteiger partial charge in [0, 0.05) is 16.7 Å². The van der Waals surface area contributed by atoms with Crippen molar-refractivity contribution in [2.45, 2.75) is 26.0 Å². The molecule has 5 heteroatoms. The minimum absolute atomic E-state index is 0.0135. The van der Waals surface area contributed by atoms with Gasteiger partial charge in [-0.15, -0.1) is 11.3 Å². The average molecular weight is 321 g/mol. The van der Waals surface area contributed by atoms with Crippen LogP contribution in [0, 0.1) is 5.92 Å². The topological polar surface area (TPSA) is 50.2 Å². The van der Waals surface area contributed by atoms with Crippen LogP contribution in [0.1, 0.15) is 25.1 Å². The zero-order valence-electron chi connectivity index (χ0n) is 12.2. The molecule has 2 aromatic rings. The molecule has 0 saturated heterocycles. The van der Waals surface area contributed by atoms with E-state index in [4.69, 9.17) is 5.11 Å². The summed E-state index contributed by atoms with van der Waals surface area (Å²) in [6.07, 6.45) is -0.0135. The summed E-state index contributed by atoms with van der Waals surface area (Å²) in [5, 5.41) is 11.5. The maximum atomic E-state index is 10.7. The summed E-state index contributed by atoms with van der Waals surface area (Å²) in [6.45, 7) is 4.45. The maximum absolute atomic E-state index is 10.7. The molecule has 0 amide bonds. The number of carbonyl (C=O) groups is 1. The number of aliphatic carboxylic acids is 1. The van der Waals surface area contributed by atoms with Gasteiger partial charge in [-0.25, -0.2) is 4.98 Å². The molecule has 3 nitrogen and oxygen atoms in total. The van der Waals surface area contributed by atoms with Gasteiger partial charge < -0.3 is 5.11 Å². The van der Waals surface area contributed by atoms with Gasteiger partial charge in [0.05, 0.1) is 12.1 Å². The lowest BCUT2D eigenvalue weighted by atomic mass is 10.1. The fourth-order valence-corrected chi connectivity index (χ4v) is 3.70. The minimum Gasteiger partial charge on any atom is -0.481 e. The van der Waals surface area contributed by atoms with Crippen LogP contribution >= 0.6 is 23.1 Å². The molecule has 0 saturated carbocycles. The lowest BCUT2D eigenvalue weighted by molar-refractivity contribution is -0.136. The molecular formula is C16H19NO2S2. The van der Waals surface area contributed by atoms with E-state index in [9.17, 15) is 4.79 Å². The van der Waals surface area contributed by atoms with Crippen molar-refractivity contribution in [1.82, 2.24) is 4.98 Å². The van der Waals surface area contributed by atoms with Crippen LogP contribution < -0.4 is 0 Å². The number of hydrogen-bond donors (Lipinski definition) is 1. The zero-order chi connectivity index (χ0) is 15.2. The smallest absolute Gasteiger partial charge is 0.309 e. The normalized spacial score (nSPS) is 11.0. The Morgan fingerprint density at radius 3 is 2.95 bits per heavy atom. The molecule has 0 spiro atoms. The molecule has 0 aliphatic rings. The van der Waals surface area contributed by atoms with E-state index >= 15 is 0 Å². The number of hydrogen-bond acceptors (Lipinski definition) is 4. The third-order valence-electron chi connectivity index (χ3n) is 2.78. The van der Waals surface area contributed by atoms with Crippen molar-refractivity contribution in [2.75, 3.05) is 5.75 Å². The van der Waals surface area contributed by atoms with Crippen molar-refractivity contribution in [3.63, 3.8) is 0 Å². The van der Waals surface area contributed by atoms with Gasteiger partial charge in [0.25, 0.3) is 0 Å². The fourth-order valence-electron chi connectivity index (χ4n) is 1.88. The summed E-state index contributed by atoms with van der Waals surface area (Å²) in [5.74, 6) is 2.02. The number of thioether (sulfide) groups is 1. The molecule has 0 atom stereocenters. The third-order valence-corrected chi connectivity index (χ3v) is 5.16. The Kier molecular flexibility index (Phi) is 5.82. The van der Waals surface area contributed by atoms with Gasteiger partial charge in [-0.05, 0) is 23.3 Å². The second-order valence-corrected chi connectivity index (χ2v) is 7.21. The number of thiazole rings is 1. The van der Waals surface area contributed by atoms with Gasteiger partial charge in [0.1, 0.15) is 5.01 Å². The zero-order valence-corrected chi connectivity index (χ0v) is 13.8. The average Bonchev–Trinajstić information content (AvgIpc) is 2.86. The van der Waals surface area contributed by atoms with Gasteiger partial charge in [-0.1, -0.05) is 32.0 Å². The lowest BCUT2D eigenvalue weighted by Gasteiger charge is -2.05. The molecular weight excluding hydrogens is 302 g/mol. The highest BCUT2D eigenvalue weighted by Crippen LogP contribution is 2.26. The first kappa shape index (κ1) is 16.0. The summed E-state index contributed by atoms with van der Waals surface area (Å²) in [5.41, 5.74) is 2.98. The molecule has 0 bridgehead atoms. The van der Waals surface area contributed by atoms with Crippen molar-refractivity contribution in [3.8, 4) is 10.6 Å². The monoisotopic (exact) mass is 321 g/mol. The molecule has 1 heterocycles. The Balaban J connectivity index is 2.06. The van der Waals surface area contributed by atoms with Gasteiger partial charge in [0.2, 0.25) is 0 Å². The van der Waals surface area contributed by atoms with Crippen molar-refractivity contribution < 1.29 is 9.90 Å². The predicted molar refractivity (Wildman–Crippen MR) is 89.9 cm³/mol. The quantitative estimate of drug-likeness (QED) is 0.825. The van der Waals surface area contributed by atoms with E-state index in [-0.39, 0.29) is 6.42 Å². The SMILES string of the molecule is CC(C)CSCc1cccc(-c2nc(CC(=O)O)cs2)c1. The molecule has 0 aliphatic carbocycles. The van der Waals surface area contributed by atoms with Crippen LogP contribution in [0.5, 0.6) is 0 Å². The van der Waals surface area contributed by atoms with Gasteiger partial charge in [0.15, 0.2) is 0 Å². The Morgan fingerprint density at radius 1 is 1.43 bits per heavy atom. The van der Waals surface area contributed by atoms with E-state index in [0.29, 0.717) is 11.6 Å². The number of rotatable bonds is 7. The predicted octanol–water partition coefficient (Wildman–Crippen LogP) is 4.33. The van der Waals surface area contributed by atoms with E-state index < -0.39 is 5.97 Å². The fraction of sp³-hybridized carbons (Fsp3) is 0.375. The van der Waals surface area contributed by atoms with Crippen LogP contribution in [0.15, 0.2) is 29.6 Å². The van der Waals surface area contributed by atoms with Crippen molar-refractivity contribution in [2.24, 2.45) is 5.92 Å². The van der Waals surface area contributed by atoms with Crippen LogP contribution in [0.4, 0.5) is 0 Å². The number of carboxylic acids is 1. The maximum Gasteiger partial charge on any atom is 0.309 e. The highest BCUT2D eigenvalue weighted by Gasteiger charge is 2.08. The lowest BCUT2D eigenvalue weighted by Crippen LogP contribution is -1.99. The summed E-state index contributed by atoms with van der Waals surface area (Å²) in [7, 11) is 0. The standard InChI is InChI=1S/C16H19NO2S2/c1-11(2)8-20-9-12-4-3-5-13(6-12)16-17-14(10-21-16)7-15(18)19/h3-6,10-11H,7-9H2,1-2H3,(H,18,19).